The monoisotopic (exact) mass is 871 g/mol. The molecule has 1 aliphatic carbocycles. The fraction of sp³-hybridized carbons (Fsp3) is 0.0476. The fourth-order valence-electron chi connectivity index (χ4n) is 12.0. The van der Waals surface area contributed by atoms with Gasteiger partial charge in [-0.25, -0.2) is 0 Å². The van der Waals surface area contributed by atoms with Crippen molar-refractivity contribution in [2.24, 2.45) is 0 Å². The molecule has 0 bridgehead atoms. The third-order valence-corrected chi connectivity index (χ3v) is 16.2. The Hall–Kier alpha value is -8.18. The van der Waals surface area contributed by atoms with Crippen molar-refractivity contribution in [1.82, 2.24) is 9.13 Å². The second kappa shape index (κ2) is 13.4. The minimum atomic E-state index is -0.179. The molecule has 3 nitrogen and oxygen atoms in total. The average Bonchev–Trinajstić information content (AvgIpc) is 4.07. The first-order chi connectivity index (χ1) is 33.0. The van der Waals surface area contributed by atoms with Gasteiger partial charge < -0.3 is 14.0 Å². The first-order valence-corrected chi connectivity index (χ1v) is 24.1. The van der Waals surface area contributed by atoms with Gasteiger partial charge >= 0.3 is 0 Å². The van der Waals surface area contributed by atoms with E-state index in [4.69, 9.17) is 0 Å². The zero-order valence-corrected chi connectivity index (χ0v) is 37.8. The van der Waals surface area contributed by atoms with Crippen LogP contribution in [0, 0.1) is 0 Å². The Balaban J connectivity index is 0.906. The molecule has 0 atom stereocenters. The number of anilines is 3. The molecule has 1 aliphatic heterocycles. The summed E-state index contributed by atoms with van der Waals surface area (Å²) in [6.07, 6.45) is 0. The van der Waals surface area contributed by atoms with E-state index in [1.54, 1.807) is 0 Å². The van der Waals surface area contributed by atoms with Crippen LogP contribution in [0.5, 0.6) is 0 Å². The van der Waals surface area contributed by atoms with Gasteiger partial charge in [0.25, 0.3) is 0 Å². The molecule has 2 aliphatic rings. The largest absolute Gasteiger partial charge is 0.310 e. The summed E-state index contributed by atoms with van der Waals surface area (Å²) in [5.41, 5.74) is 21.2. The van der Waals surface area contributed by atoms with Crippen molar-refractivity contribution in [3.63, 3.8) is 0 Å². The van der Waals surface area contributed by atoms with E-state index < -0.39 is 0 Å². The number of fused-ring (bicyclic) bond motifs is 12. The molecule has 0 spiro atoms. The molecule has 10 aromatic carbocycles. The standard InChI is InChI=1S/C63H41N3S/c1-63(2)50-35-34-47-45-16-5-10-21-54(45)66-55-22-11-6-17-46(55)49-36-39(37-51(63)59(49)61(50)62(47)66)38-26-28-40(29-27-38)64(56-23-13-25-58-60(56)48-18-7-12-24-57(48)67-58)41-30-32-42(33-31-41)65-52-19-8-3-14-43(52)44-15-4-9-20-53(44)65/h3-37H,1-2H3. The maximum Gasteiger partial charge on any atom is 0.0623 e. The van der Waals surface area contributed by atoms with Gasteiger partial charge in [-0.05, 0) is 124 Å². The van der Waals surface area contributed by atoms with E-state index >= 15 is 0 Å². The normalized spacial score (nSPS) is 13.3. The highest BCUT2D eigenvalue weighted by Gasteiger charge is 2.41. The summed E-state index contributed by atoms with van der Waals surface area (Å²) < 4.78 is 7.52. The van der Waals surface area contributed by atoms with Gasteiger partial charge in [0, 0.05) is 75.3 Å². The van der Waals surface area contributed by atoms with Crippen LogP contribution in [0.15, 0.2) is 212 Å². The van der Waals surface area contributed by atoms with Gasteiger partial charge in [0.2, 0.25) is 0 Å². The first-order valence-electron chi connectivity index (χ1n) is 23.3. The second-order valence-corrected chi connectivity index (χ2v) is 19.9. The number of benzene rings is 10. The van der Waals surface area contributed by atoms with E-state index in [1.165, 1.54) is 120 Å². The van der Waals surface area contributed by atoms with Crippen molar-refractivity contribution < 1.29 is 0 Å². The highest BCUT2D eigenvalue weighted by atomic mass is 32.1. The first kappa shape index (κ1) is 37.1. The predicted octanol–water partition coefficient (Wildman–Crippen LogP) is 17.7. The number of para-hydroxylation sites is 4. The van der Waals surface area contributed by atoms with E-state index in [2.05, 4.69) is 240 Å². The second-order valence-electron chi connectivity index (χ2n) is 18.8. The molecule has 13 aromatic rings. The number of hydrogen-bond acceptors (Lipinski definition) is 2. The molecule has 67 heavy (non-hydrogen) atoms. The predicted molar refractivity (Wildman–Crippen MR) is 285 cm³/mol. The average molecular weight is 872 g/mol. The molecule has 0 N–H and O–H groups in total. The Morgan fingerprint density at radius 3 is 1.75 bits per heavy atom. The Kier molecular flexibility index (Phi) is 7.44. The maximum absolute atomic E-state index is 2.54. The Morgan fingerprint density at radius 1 is 0.418 bits per heavy atom. The van der Waals surface area contributed by atoms with Gasteiger partial charge in [0.05, 0.1) is 33.4 Å². The summed E-state index contributed by atoms with van der Waals surface area (Å²) in [4.78, 5) is 2.46. The third kappa shape index (κ3) is 5.00. The van der Waals surface area contributed by atoms with Crippen LogP contribution < -0.4 is 4.90 Å². The van der Waals surface area contributed by atoms with Crippen molar-refractivity contribution in [3.8, 4) is 44.8 Å². The van der Waals surface area contributed by atoms with Crippen LogP contribution in [0.2, 0.25) is 0 Å². The maximum atomic E-state index is 2.54. The Bertz CT molecular complexity index is 4180. The highest BCUT2D eigenvalue weighted by Crippen LogP contribution is 2.59. The Morgan fingerprint density at radius 2 is 1.01 bits per heavy atom. The zero-order chi connectivity index (χ0) is 44.1. The lowest BCUT2D eigenvalue weighted by molar-refractivity contribution is 0.661. The van der Waals surface area contributed by atoms with Crippen molar-refractivity contribution in [2.75, 3.05) is 4.90 Å². The van der Waals surface area contributed by atoms with Crippen LogP contribution in [0.1, 0.15) is 25.0 Å². The van der Waals surface area contributed by atoms with Crippen LogP contribution in [0.4, 0.5) is 17.1 Å². The van der Waals surface area contributed by atoms with E-state index in [-0.39, 0.29) is 5.41 Å². The van der Waals surface area contributed by atoms with Crippen molar-refractivity contribution in [1.29, 1.82) is 0 Å². The van der Waals surface area contributed by atoms with Gasteiger partial charge in [-0.15, -0.1) is 11.3 Å². The Labute approximate surface area is 391 Å². The van der Waals surface area contributed by atoms with E-state index in [9.17, 15) is 0 Å². The van der Waals surface area contributed by atoms with Gasteiger partial charge in [-0.3, -0.25) is 0 Å². The van der Waals surface area contributed by atoms with Gasteiger partial charge in [0.15, 0.2) is 0 Å². The molecule has 0 fully saturated rings. The summed E-state index contributed by atoms with van der Waals surface area (Å²) in [5.74, 6) is 0. The molecule has 314 valence electrons. The lowest BCUT2D eigenvalue weighted by Gasteiger charge is -2.27. The fourth-order valence-corrected chi connectivity index (χ4v) is 13.2. The molecule has 4 heterocycles. The van der Waals surface area contributed by atoms with E-state index in [0.717, 1.165) is 17.1 Å². The molecule has 0 unspecified atom stereocenters. The smallest absolute Gasteiger partial charge is 0.0623 e. The van der Waals surface area contributed by atoms with Crippen molar-refractivity contribution >= 4 is 92.2 Å². The number of hydrogen-bond donors (Lipinski definition) is 0. The summed E-state index contributed by atoms with van der Waals surface area (Å²) >= 11 is 1.86. The summed E-state index contributed by atoms with van der Waals surface area (Å²) in [6.45, 7) is 4.83. The van der Waals surface area contributed by atoms with Crippen LogP contribution >= 0.6 is 11.3 Å². The minimum Gasteiger partial charge on any atom is -0.310 e. The molecular weight excluding hydrogens is 831 g/mol. The van der Waals surface area contributed by atoms with Gasteiger partial charge in [-0.1, -0.05) is 135 Å². The van der Waals surface area contributed by atoms with Gasteiger partial charge in [-0.2, -0.15) is 0 Å². The molecule has 0 saturated carbocycles. The van der Waals surface area contributed by atoms with E-state index in [1.807, 2.05) is 11.3 Å². The molecular formula is C63H41N3S. The van der Waals surface area contributed by atoms with Crippen molar-refractivity contribution in [3.05, 3.63) is 223 Å². The minimum absolute atomic E-state index is 0.179. The number of rotatable bonds is 5. The van der Waals surface area contributed by atoms with Crippen LogP contribution in [-0.4, -0.2) is 9.13 Å². The van der Waals surface area contributed by atoms with Crippen LogP contribution in [-0.2, 0) is 5.41 Å². The van der Waals surface area contributed by atoms with Crippen LogP contribution in [0.3, 0.4) is 0 Å². The zero-order valence-electron chi connectivity index (χ0n) is 37.0. The summed E-state index contributed by atoms with van der Waals surface area (Å²) in [7, 11) is 0. The quantitative estimate of drug-likeness (QED) is 0.168. The number of thiophene rings is 1. The van der Waals surface area contributed by atoms with Crippen LogP contribution in [0.25, 0.3) is 109 Å². The number of aromatic nitrogens is 2. The molecule has 3 aromatic heterocycles. The van der Waals surface area contributed by atoms with Gasteiger partial charge in [0.1, 0.15) is 0 Å². The summed E-state index contributed by atoms with van der Waals surface area (Å²) in [5, 5.41) is 7.71. The molecule has 4 heteroatoms. The third-order valence-electron chi connectivity index (χ3n) is 15.0. The lowest BCUT2D eigenvalue weighted by Crippen LogP contribution is -2.15. The van der Waals surface area contributed by atoms with Crippen molar-refractivity contribution in [2.45, 2.75) is 19.3 Å². The number of nitrogens with zero attached hydrogens (tertiary/aromatic N) is 3. The summed E-state index contributed by atoms with van der Waals surface area (Å²) in [6, 6.07) is 79.2. The molecule has 15 rings (SSSR count). The molecule has 0 radical (unpaired) electrons. The highest BCUT2D eigenvalue weighted by molar-refractivity contribution is 7.26. The lowest BCUT2D eigenvalue weighted by atomic mass is 9.80. The molecule has 0 saturated heterocycles. The topological polar surface area (TPSA) is 13.1 Å². The SMILES string of the molecule is CC1(C)c2cc(-c3ccc(N(c4ccc(-n5c6ccccc6c6ccccc65)cc4)c4cccc5sc6ccccc6c45)cc3)cc3c2-c2c1ccc1c4ccccc4n(c21)-c1ccccc1-3. The molecule has 0 amide bonds. The van der Waals surface area contributed by atoms with E-state index in [0.29, 0.717) is 0 Å².